The van der Waals surface area contributed by atoms with Crippen LogP contribution in [0.25, 0.3) is 21.8 Å². The van der Waals surface area contributed by atoms with Gasteiger partial charge in [0.2, 0.25) is 0 Å². The number of aryl methyl sites for hydroxylation is 1. The van der Waals surface area contributed by atoms with Crippen molar-refractivity contribution in [3.63, 3.8) is 0 Å². The molecule has 0 atom stereocenters. The summed E-state index contributed by atoms with van der Waals surface area (Å²) in [4.78, 5) is 16.3. The van der Waals surface area contributed by atoms with E-state index in [2.05, 4.69) is 4.98 Å². The van der Waals surface area contributed by atoms with Gasteiger partial charge in [-0.3, -0.25) is 10.1 Å². The van der Waals surface area contributed by atoms with Gasteiger partial charge in [-0.2, -0.15) is 0 Å². The SMILES string of the molecule is COc1ccc(-c2nc(-c3cccc([N+](=O)[O-])c3)sc2C)c(OC)c1. The number of nitro benzene ring substituents is 1. The maximum atomic E-state index is 11.0. The van der Waals surface area contributed by atoms with Crippen molar-refractivity contribution in [3.8, 4) is 33.3 Å². The van der Waals surface area contributed by atoms with Gasteiger partial charge in [0.15, 0.2) is 0 Å². The molecule has 3 rings (SSSR count). The van der Waals surface area contributed by atoms with Crippen molar-refractivity contribution in [3.05, 3.63) is 57.5 Å². The van der Waals surface area contributed by atoms with Crippen LogP contribution in [-0.2, 0) is 0 Å². The van der Waals surface area contributed by atoms with Gasteiger partial charge < -0.3 is 9.47 Å². The number of aromatic nitrogens is 1. The van der Waals surface area contributed by atoms with Crippen molar-refractivity contribution in [2.24, 2.45) is 0 Å². The molecule has 6 nitrogen and oxygen atoms in total. The predicted octanol–water partition coefficient (Wildman–Crippen LogP) is 4.71. The van der Waals surface area contributed by atoms with Gasteiger partial charge in [-0.15, -0.1) is 11.3 Å². The number of hydrogen-bond acceptors (Lipinski definition) is 6. The average Bonchev–Trinajstić information content (AvgIpc) is 3.02. The molecule has 128 valence electrons. The monoisotopic (exact) mass is 356 g/mol. The van der Waals surface area contributed by atoms with Crippen molar-refractivity contribution in [1.82, 2.24) is 4.98 Å². The molecule has 3 aromatic rings. The van der Waals surface area contributed by atoms with Crippen molar-refractivity contribution in [2.45, 2.75) is 6.92 Å². The van der Waals surface area contributed by atoms with Gasteiger partial charge in [0, 0.05) is 34.2 Å². The van der Waals surface area contributed by atoms with Crippen LogP contribution in [0.2, 0.25) is 0 Å². The van der Waals surface area contributed by atoms with E-state index in [1.807, 2.05) is 25.1 Å². The lowest BCUT2D eigenvalue weighted by molar-refractivity contribution is -0.384. The number of rotatable bonds is 5. The zero-order chi connectivity index (χ0) is 18.0. The Morgan fingerprint density at radius 2 is 1.92 bits per heavy atom. The zero-order valence-electron chi connectivity index (χ0n) is 14.0. The Bertz CT molecular complexity index is 937. The molecular weight excluding hydrogens is 340 g/mol. The van der Waals surface area contributed by atoms with Crippen LogP contribution in [0.5, 0.6) is 11.5 Å². The second-order valence-electron chi connectivity index (χ2n) is 5.30. The summed E-state index contributed by atoms with van der Waals surface area (Å²) in [6.45, 7) is 1.97. The third-order valence-electron chi connectivity index (χ3n) is 3.76. The molecule has 0 bridgehead atoms. The van der Waals surface area contributed by atoms with E-state index in [1.54, 1.807) is 26.4 Å². The third kappa shape index (κ3) is 3.32. The lowest BCUT2D eigenvalue weighted by Crippen LogP contribution is -1.91. The Hall–Kier alpha value is -2.93. The van der Waals surface area contributed by atoms with Gasteiger partial charge in [0.25, 0.3) is 5.69 Å². The largest absolute Gasteiger partial charge is 0.497 e. The van der Waals surface area contributed by atoms with Crippen molar-refractivity contribution >= 4 is 17.0 Å². The second kappa shape index (κ2) is 6.90. The first-order valence-electron chi connectivity index (χ1n) is 7.48. The highest BCUT2D eigenvalue weighted by molar-refractivity contribution is 7.15. The molecule has 1 aromatic heterocycles. The van der Waals surface area contributed by atoms with E-state index < -0.39 is 4.92 Å². The Morgan fingerprint density at radius 1 is 1.12 bits per heavy atom. The minimum absolute atomic E-state index is 0.0499. The number of methoxy groups -OCH3 is 2. The average molecular weight is 356 g/mol. The van der Waals surface area contributed by atoms with Crippen LogP contribution in [0.15, 0.2) is 42.5 Å². The standard InChI is InChI=1S/C18H16N2O4S/c1-11-17(15-8-7-14(23-2)10-16(15)24-3)19-18(25-11)12-5-4-6-13(9-12)20(21)22/h4-10H,1-3H3. The van der Waals surface area contributed by atoms with Crippen molar-refractivity contribution in [2.75, 3.05) is 14.2 Å². The maximum absolute atomic E-state index is 11.0. The molecule has 0 unspecified atom stereocenters. The first-order chi connectivity index (χ1) is 12.0. The first kappa shape index (κ1) is 16.9. The van der Waals surface area contributed by atoms with E-state index in [0.717, 1.165) is 26.7 Å². The fourth-order valence-electron chi connectivity index (χ4n) is 2.52. The summed E-state index contributed by atoms with van der Waals surface area (Å²) in [5.41, 5.74) is 2.43. The topological polar surface area (TPSA) is 74.5 Å². The van der Waals surface area contributed by atoms with Crippen LogP contribution < -0.4 is 9.47 Å². The van der Waals surface area contributed by atoms with E-state index in [0.29, 0.717) is 11.5 Å². The molecule has 0 aliphatic carbocycles. The van der Waals surface area contributed by atoms with Gasteiger partial charge in [-0.1, -0.05) is 12.1 Å². The number of hydrogen-bond donors (Lipinski definition) is 0. The molecule has 0 amide bonds. The Labute approximate surface area is 148 Å². The molecule has 0 N–H and O–H groups in total. The summed E-state index contributed by atoms with van der Waals surface area (Å²) >= 11 is 1.49. The Morgan fingerprint density at radius 3 is 2.60 bits per heavy atom. The predicted molar refractivity (Wildman–Crippen MR) is 97.5 cm³/mol. The van der Waals surface area contributed by atoms with Crippen LogP contribution >= 0.6 is 11.3 Å². The fourth-order valence-corrected chi connectivity index (χ4v) is 3.44. The molecule has 0 fully saturated rings. The summed E-state index contributed by atoms with van der Waals surface area (Å²) in [6, 6.07) is 12.0. The van der Waals surface area contributed by atoms with Crippen LogP contribution in [0, 0.1) is 17.0 Å². The van der Waals surface area contributed by atoms with E-state index in [9.17, 15) is 10.1 Å². The normalized spacial score (nSPS) is 10.5. The summed E-state index contributed by atoms with van der Waals surface area (Å²) in [6.07, 6.45) is 0. The zero-order valence-corrected chi connectivity index (χ0v) is 14.8. The van der Waals surface area contributed by atoms with Crippen molar-refractivity contribution < 1.29 is 14.4 Å². The highest BCUT2D eigenvalue weighted by Gasteiger charge is 2.17. The minimum Gasteiger partial charge on any atom is -0.497 e. The molecule has 2 aromatic carbocycles. The number of nitrogens with zero attached hydrogens (tertiary/aromatic N) is 2. The highest BCUT2D eigenvalue weighted by atomic mass is 32.1. The Kier molecular flexibility index (Phi) is 4.67. The van der Waals surface area contributed by atoms with Crippen LogP contribution in [0.1, 0.15) is 4.88 Å². The summed E-state index contributed by atoms with van der Waals surface area (Å²) < 4.78 is 10.7. The molecule has 1 heterocycles. The van der Waals surface area contributed by atoms with Gasteiger partial charge in [0.05, 0.1) is 24.8 Å². The molecule has 7 heteroatoms. The number of nitro groups is 1. The van der Waals surface area contributed by atoms with Crippen LogP contribution in [0.3, 0.4) is 0 Å². The lowest BCUT2D eigenvalue weighted by atomic mass is 10.1. The lowest BCUT2D eigenvalue weighted by Gasteiger charge is -2.09. The van der Waals surface area contributed by atoms with E-state index in [-0.39, 0.29) is 5.69 Å². The number of benzene rings is 2. The quantitative estimate of drug-likeness (QED) is 0.489. The molecule has 0 saturated heterocycles. The van der Waals surface area contributed by atoms with E-state index in [4.69, 9.17) is 9.47 Å². The summed E-state index contributed by atoms with van der Waals surface area (Å²) in [5, 5.41) is 11.7. The van der Waals surface area contributed by atoms with Crippen molar-refractivity contribution in [1.29, 1.82) is 0 Å². The highest BCUT2D eigenvalue weighted by Crippen LogP contribution is 2.39. The van der Waals surface area contributed by atoms with Gasteiger partial charge in [-0.05, 0) is 19.1 Å². The molecular formula is C18H16N2O4S. The number of thiazole rings is 1. The van der Waals surface area contributed by atoms with Crippen LogP contribution in [0.4, 0.5) is 5.69 Å². The summed E-state index contributed by atoms with van der Waals surface area (Å²) in [5.74, 6) is 1.37. The molecule has 0 aliphatic heterocycles. The molecule has 0 saturated carbocycles. The van der Waals surface area contributed by atoms with Gasteiger partial charge in [-0.25, -0.2) is 4.98 Å². The minimum atomic E-state index is -0.405. The molecule has 0 aliphatic rings. The molecule has 25 heavy (non-hydrogen) atoms. The Balaban J connectivity index is 2.07. The van der Waals surface area contributed by atoms with Gasteiger partial charge >= 0.3 is 0 Å². The first-order valence-corrected chi connectivity index (χ1v) is 8.29. The van der Waals surface area contributed by atoms with E-state index >= 15 is 0 Å². The van der Waals surface area contributed by atoms with Gasteiger partial charge in [0.1, 0.15) is 16.5 Å². The smallest absolute Gasteiger partial charge is 0.270 e. The number of ether oxygens (including phenoxy) is 2. The second-order valence-corrected chi connectivity index (χ2v) is 6.50. The van der Waals surface area contributed by atoms with Crippen LogP contribution in [-0.4, -0.2) is 24.1 Å². The maximum Gasteiger partial charge on any atom is 0.270 e. The molecule has 0 radical (unpaired) electrons. The molecule has 0 spiro atoms. The number of non-ortho nitro benzene ring substituents is 1. The third-order valence-corrected chi connectivity index (χ3v) is 4.78. The fraction of sp³-hybridized carbons (Fsp3) is 0.167. The summed E-state index contributed by atoms with van der Waals surface area (Å²) in [7, 11) is 3.20. The van der Waals surface area contributed by atoms with E-state index in [1.165, 1.54) is 23.5 Å².